The third-order valence-corrected chi connectivity index (χ3v) is 1.04. The van der Waals surface area contributed by atoms with Crippen LogP contribution in [0.5, 0.6) is 0 Å². The van der Waals surface area contributed by atoms with E-state index in [1.807, 2.05) is 0 Å². The van der Waals surface area contributed by atoms with Crippen LogP contribution in [0.3, 0.4) is 0 Å². The van der Waals surface area contributed by atoms with Crippen LogP contribution in [0.4, 0.5) is 0 Å². The van der Waals surface area contributed by atoms with Crippen molar-refractivity contribution in [1.82, 2.24) is 0 Å². The summed E-state index contributed by atoms with van der Waals surface area (Å²) in [6.07, 6.45) is 17.5. The van der Waals surface area contributed by atoms with Gasteiger partial charge in [0.25, 0.3) is 0 Å². The second-order valence-corrected chi connectivity index (χ2v) is 2.07. The second-order valence-electron chi connectivity index (χ2n) is 2.07. The van der Waals surface area contributed by atoms with Crippen molar-refractivity contribution in [2.24, 2.45) is 0 Å². The SMILES string of the molecule is C#CCCC#COC#CCCC#C. The molecule has 0 aliphatic carbocycles. The lowest BCUT2D eigenvalue weighted by Gasteiger charge is -1.78. The lowest BCUT2D eigenvalue weighted by atomic mass is 10.3. The minimum absolute atomic E-state index is 0.640. The van der Waals surface area contributed by atoms with E-state index in [1.165, 1.54) is 0 Å². The van der Waals surface area contributed by atoms with Crippen LogP contribution in [0.25, 0.3) is 0 Å². The summed E-state index contributed by atoms with van der Waals surface area (Å²) >= 11 is 0. The van der Waals surface area contributed by atoms with Crippen molar-refractivity contribution < 1.29 is 4.74 Å². The van der Waals surface area contributed by atoms with E-state index < -0.39 is 0 Å². The van der Waals surface area contributed by atoms with Gasteiger partial charge in [0.15, 0.2) is 0 Å². The molecule has 64 valence electrons. The van der Waals surface area contributed by atoms with Crippen LogP contribution in [0.1, 0.15) is 25.7 Å². The zero-order valence-corrected chi connectivity index (χ0v) is 7.39. The standard InChI is InChI=1S/C12H10O/c1-3-5-7-9-11-13-12-10-8-6-4-2/h1-2H,5-8H2. The van der Waals surface area contributed by atoms with Gasteiger partial charge in [-0.15, -0.1) is 24.7 Å². The van der Waals surface area contributed by atoms with Gasteiger partial charge in [0.1, 0.15) is 12.2 Å². The van der Waals surface area contributed by atoms with Gasteiger partial charge in [-0.05, 0) is 0 Å². The van der Waals surface area contributed by atoms with Gasteiger partial charge in [0.05, 0.1) is 0 Å². The number of unbranched alkanes of at least 4 members (excludes halogenated alkanes) is 2. The van der Waals surface area contributed by atoms with Crippen molar-refractivity contribution in [3.8, 4) is 48.7 Å². The van der Waals surface area contributed by atoms with E-state index >= 15 is 0 Å². The summed E-state index contributed by atoms with van der Waals surface area (Å²) < 4.78 is 4.67. The van der Waals surface area contributed by atoms with Gasteiger partial charge >= 0.3 is 0 Å². The maximum absolute atomic E-state index is 5.02. The Morgan fingerprint density at radius 2 is 1.23 bits per heavy atom. The van der Waals surface area contributed by atoms with Gasteiger partial charge < -0.3 is 4.74 Å². The summed E-state index contributed by atoms with van der Waals surface area (Å²) in [5.41, 5.74) is 0. The van der Waals surface area contributed by atoms with Crippen LogP contribution in [0, 0.1) is 48.7 Å². The fraction of sp³-hybridized carbons (Fsp3) is 0.333. The summed E-state index contributed by atoms with van der Waals surface area (Å²) in [6.45, 7) is 0. The highest BCUT2D eigenvalue weighted by Crippen LogP contribution is 1.82. The Morgan fingerprint density at radius 1 is 0.769 bits per heavy atom. The molecular formula is C12H10O. The molecule has 0 aliphatic heterocycles. The normalized spacial score (nSPS) is 6.31. The smallest absolute Gasteiger partial charge is 0.129 e. The highest BCUT2D eigenvalue weighted by Gasteiger charge is 1.73. The topological polar surface area (TPSA) is 9.23 Å². The number of ether oxygens (including phenoxy) is 1. The zero-order chi connectivity index (χ0) is 9.78. The van der Waals surface area contributed by atoms with E-state index in [2.05, 4.69) is 40.6 Å². The molecule has 0 atom stereocenters. The van der Waals surface area contributed by atoms with Crippen LogP contribution >= 0.6 is 0 Å². The van der Waals surface area contributed by atoms with E-state index in [0.29, 0.717) is 25.7 Å². The lowest BCUT2D eigenvalue weighted by molar-refractivity contribution is 0.477. The van der Waals surface area contributed by atoms with Crippen LogP contribution in [-0.2, 0) is 4.74 Å². The van der Waals surface area contributed by atoms with Crippen molar-refractivity contribution in [2.45, 2.75) is 25.7 Å². The maximum atomic E-state index is 5.02. The molecule has 0 bridgehead atoms. The Hall–Kier alpha value is -1.96. The third-order valence-electron chi connectivity index (χ3n) is 1.04. The summed E-state index contributed by atoms with van der Waals surface area (Å²) in [6, 6.07) is 0. The first kappa shape index (κ1) is 11.0. The van der Waals surface area contributed by atoms with E-state index in [4.69, 9.17) is 12.8 Å². The fourth-order valence-electron chi connectivity index (χ4n) is 0.469. The summed E-state index contributed by atoms with van der Waals surface area (Å²) in [5.74, 6) is 10.4. The van der Waals surface area contributed by atoms with Crippen molar-refractivity contribution in [1.29, 1.82) is 0 Å². The summed E-state index contributed by atoms with van der Waals surface area (Å²) in [4.78, 5) is 0. The zero-order valence-electron chi connectivity index (χ0n) is 7.39. The number of rotatable bonds is 2. The van der Waals surface area contributed by atoms with E-state index in [1.54, 1.807) is 0 Å². The van der Waals surface area contributed by atoms with Gasteiger partial charge in [-0.2, -0.15) is 0 Å². The van der Waals surface area contributed by atoms with Gasteiger partial charge in [0, 0.05) is 25.7 Å². The Morgan fingerprint density at radius 3 is 1.62 bits per heavy atom. The first-order valence-electron chi connectivity index (χ1n) is 3.90. The number of hydrogen-bond donors (Lipinski definition) is 0. The van der Waals surface area contributed by atoms with Crippen LogP contribution in [0.15, 0.2) is 0 Å². The van der Waals surface area contributed by atoms with Gasteiger partial charge in [-0.1, -0.05) is 11.8 Å². The minimum atomic E-state index is 0.640. The Bertz CT molecular complexity index is 283. The fourth-order valence-corrected chi connectivity index (χ4v) is 0.469. The molecule has 1 heteroatoms. The molecule has 1 nitrogen and oxygen atoms in total. The quantitative estimate of drug-likeness (QED) is 0.453. The predicted octanol–water partition coefficient (Wildman–Crippen LogP) is 1.75. The molecule has 0 fully saturated rings. The first-order valence-corrected chi connectivity index (χ1v) is 3.90. The predicted molar refractivity (Wildman–Crippen MR) is 52.8 cm³/mol. The molecule has 0 amide bonds. The average Bonchev–Trinajstić information content (AvgIpc) is 2.16. The minimum Gasteiger partial charge on any atom is -0.357 e. The lowest BCUT2D eigenvalue weighted by Crippen LogP contribution is -1.70. The van der Waals surface area contributed by atoms with Crippen LogP contribution in [0.2, 0.25) is 0 Å². The van der Waals surface area contributed by atoms with Crippen molar-refractivity contribution in [2.75, 3.05) is 0 Å². The molecule has 13 heavy (non-hydrogen) atoms. The number of hydrogen-bond acceptors (Lipinski definition) is 1. The monoisotopic (exact) mass is 170 g/mol. The molecule has 0 aromatic heterocycles. The average molecular weight is 170 g/mol. The molecule has 0 saturated heterocycles. The third kappa shape index (κ3) is 10.0. The van der Waals surface area contributed by atoms with E-state index in [-0.39, 0.29) is 0 Å². The van der Waals surface area contributed by atoms with Crippen LogP contribution in [-0.4, -0.2) is 0 Å². The van der Waals surface area contributed by atoms with Gasteiger partial charge in [-0.3, -0.25) is 0 Å². The molecular weight excluding hydrogens is 160 g/mol. The summed E-state index contributed by atoms with van der Waals surface area (Å²) in [7, 11) is 0. The maximum Gasteiger partial charge on any atom is 0.129 e. The van der Waals surface area contributed by atoms with Crippen molar-refractivity contribution >= 4 is 0 Å². The molecule has 0 rings (SSSR count). The molecule has 0 radical (unpaired) electrons. The molecule has 0 aromatic carbocycles. The highest BCUT2D eigenvalue weighted by molar-refractivity contribution is 5.02. The Balaban J connectivity index is 3.40. The molecule has 0 aliphatic rings. The Kier molecular flexibility index (Phi) is 8.53. The largest absolute Gasteiger partial charge is 0.357 e. The van der Waals surface area contributed by atoms with E-state index in [9.17, 15) is 0 Å². The van der Waals surface area contributed by atoms with Crippen molar-refractivity contribution in [3.63, 3.8) is 0 Å². The molecule has 0 N–H and O–H groups in total. The highest BCUT2D eigenvalue weighted by atomic mass is 16.5. The Labute approximate surface area is 79.9 Å². The number of terminal acetylenes is 2. The molecule has 0 spiro atoms. The first-order chi connectivity index (χ1) is 6.41. The van der Waals surface area contributed by atoms with E-state index in [0.717, 1.165) is 0 Å². The molecule has 0 saturated carbocycles. The summed E-state index contributed by atoms with van der Waals surface area (Å²) in [5, 5.41) is 0. The van der Waals surface area contributed by atoms with Crippen LogP contribution < -0.4 is 0 Å². The molecule has 0 unspecified atom stereocenters. The molecule has 0 aromatic rings. The van der Waals surface area contributed by atoms with Crippen molar-refractivity contribution in [3.05, 3.63) is 0 Å². The molecule has 0 heterocycles. The van der Waals surface area contributed by atoms with Gasteiger partial charge in [-0.25, -0.2) is 0 Å². The second kappa shape index (κ2) is 10.0. The van der Waals surface area contributed by atoms with Gasteiger partial charge in [0.2, 0.25) is 0 Å².